The molecule has 108 valence electrons. The first-order valence-electron chi connectivity index (χ1n) is 7.12. The number of unbranched alkanes of at least 4 members (excludes halogenated alkanes) is 5. The zero-order chi connectivity index (χ0) is 14.1. The van der Waals surface area contributed by atoms with Gasteiger partial charge in [-0.1, -0.05) is 45.4 Å². The number of hydrogen-bond donors (Lipinski definition) is 1. The topological polar surface area (TPSA) is 65.5 Å². The van der Waals surface area contributed by atoms with Crippen LogP contribution in [0.25, 0.3) is 0 Å². The largest absolute Gasteiger partial charge is 0.463 e. The SMILES string of the molecule is CCCCCCCCC(N)c1ccc(C(=O)OC)o1. The third-order valence-corrected chi connectivity index (χ3v) is 3.25. The van der Waals surface area contributed by atoms with E-state index in [0.29, 0.717) is 5.76 Å². The van der Waals surface area contributed by atoms with Gasteiger partial charge >= 0.3 is 5.97 Å². The van der Waals surface area contributed by atoms with Crippen LogP contribution in [-0.2, 0) is 4.74 Å². The molecule has 0 spiro atoms. The molecule has 1 rings (SSSR count). The van der Waals surface area contributed by atoms with Crippen molar-refractivity contribution < 1.29 is 13.9 Å². The van der Waals surface area contributed by atoms with Gasteiger partial charge in [0.1, 0.15) is 5.76 Å². The molecule has 0 fully saturated rings. The maximum absolute atomic E-state index is 11.3. The monoisotopic (exact) mass is 267 g/mol. The van der Waals surface area contributed by atoms with Crippen LogP contribution in [-0.4, -0.2) is 13.1 Å². The quantitative estimate of drug-likeness (QED) is 0.545. The van der Waals surface area contributed by atoms with Gasteiger partial charge < -0.3 is 14.9 Å². The summed E-state index contributed by atoms with van der Waals surface area (Å²) >= 11 is 0. The standard InChI is InChI=1S/C15H25NO3/c1-3-4-5-6-7-8-9-12(16)13-10-11-14(19-13)15(17)18-2/h10-12H,3-9,16H2,1-2H3. The lowest BCUT2D eigenvalue weighted by Gasteiger charge is -2.08. The number of hydrogen-bond acceptors (Lipinski definition) is 4. The maximum Gasteiger partial charge on any atom is 0.373 e. The Hall–Kier alpha value is -1.29. The molecule has 4 nitrogen and oxygen atoms in total. The summed E-state index contributed by atoms with van der Waals surface area (Å²) < 4.78 is 9.99. The van der Waals surface area contributed by atoms with Crippen molar-refractivity contribution in [1.82, 2.24) is 0 Å². The van der Waals surface area contributed by atoms with Crippen molar-refractivity contribution in [2.45, 2.75) is 57.9 Å². The Bertz CT molecular complexity index is 373. The Balaban J connectivity index is 2.27. The number of carbonyl (C=O) groups is 1. The first-order valence-corrected chi connectivity index (χ1v) is 7.12. The first kappa shape index (κ1) is 15.8. The average molecular weight is 267 g/mol. The lowest BCUT2D eigenvalue weighted by molar-refractivity contribution is 0.0562. The van der Waals surface area contributed by atoms with Gasteiger partial charge in [0.2, 0.25) is 5.76 Å². The molecule has 0 aromatic carbocycles. The van der Waals surface area contributed by atoms with E-state index in [-0.39, 0.29) is 11.8 Å². The molecule has 1 unspecified atom stereocenters. The summed E-state index contributed by atoms with van der Waals surface area (Å²) in [6.07, 6.45) is 8.34. The van der Waals surface area contributed by atoms with Crippen LogP contribution < -0.4 is 5.73 Å². The highest BCUT2D eigenvalue weighted by Gasteiger charge is 2.15. The molecule has 0 bridgehead atoms. The molecule has 0 saturated carbocycles. The van der Waals surface area contributed by atoms with Gasteiger partial charge in [0.05, 0.1) is 13.2 Å². The van der Waals surface area contributed by atoms with Crippen molar-refractivity contribution in [2.75, 3.05) is 7.11 Å². The molecule has 0 aliphatic heterocycles. The summed E-state index contributed by atoms with van der Waals surface area (Å²) in [5.74, 6) is 0.419. The van der Waals surface area contributed by atoms with E-state index in [4.69, 9.17) is 10.2 Å². The van der Waals surface area contributed by atoms with Crippen molar-refractivity contribution in [3.63, 3.8) is 0 Å². The van der Waals surface area contributed by atoms with Gasteiger partial charge in [0, 0.05) is 0 Å². The van der Waals surface area contributed by atoms with Crippen LogP contribution in [0, 0.1) is 0 Å². The summed E-state index contributed by atoms with van der Waals surface area (Å²) in [6.45, 7) is 2.21. The normalized spacial score (nSPS) is 12.4. The van der Waals surface area contributed by atoms with Crippen molar-refractivity contribution in [2.24, 2.45) is 5.73 Å². The second-order valence-electron chi connectivity index (χ2n) is 4.86. The lowest BCUT2D eigenvalue weighted by Crippen LogP contribution is -2.09. The fourth-order valence-electron chi connectivity index (χ4n) is 2.05. The van der Waals surface area contributed by atoms with E-state index in [2.05, 4.69) is 11.7 Å². The fraction of sp³-hybridized carbons (Fsp3) is 0.667. The molecule has 0 radical (unpaired) electrons. The molecule has 1 heterocycles. The molecule has 0 amide bonds. The Morgan fingerprint density at radius 2 is 1.95 bits per heavy atom. The van der Waals surface area contributed by atoms with Crippen molar-refractivity contribution in [3.8, 4) is 0 Å². The van der Waals surface area contributed by atoms with Crippen LogP contribution in [0.5, 0.6) is 0 Å². The highest BCUT2D eigenvalue weighted by atomic mass is 16.5. The highest BCUT2D eigenvalue weighted by molar-refractivity contribution is 5.86. The Kier molecular flexibility index (Phi) is 7.26. The van der Waals surface area contributed by atoms with Crippen LogP contribution in [0.3, 0.4) is 0 Å². The lowest BCUT2D eigenvalue weighted by atomic mass is 10.0. The third kappa shape index (κ3) is 5.47. The zero-order valence-corrected chi connectivity index (χ0v) is 12.0. The predicted octanol–water partition coefficient (Wildman–Crippen LogP) is 3.82. The number of nitrogens with two attached hydrogens (primary N) is 1. The number of esters is 1. The van der Waals surface area contributed by atoms with Crippen molar-refractivity contribution in [1.29, 1.82) is 0 Å². The number of ether oxygens (including phenoxy) is 1. The van der Waals surface area contributed by atoms with Crippen LogP contribution >= 0.6 is 0 Å². The molecule has 1 aromatic rings. The number of rotatable bonds is 9. The van der Waals surface area contributed by atoms with Gasteiger partial charge in [-0.25, -0.2) is 4.79 Å². The summed E-state index contributed by atoms with van der Waals surface area (Å²) in [7, 11) is 1.33. The second kappa shape index (κ2) is 8.75. The fourth-order valence-corrected chi connectivity index (χ4v) is 2.05. The molecule has 4 heteroatoms. The second-order valence-corrected chi connectivity index (χ2v) is 4.86. The zero-order valence-electron chi connectivity index (χ0n) is 12.0. The molecule has 0 aliphatic carbocycles. The molecular formula is C15H25NO3. The Morgan fingerprint density at radius 3 is 2.63 bits per heavy atom. The van der Waals surface area contributed by atoms with Gasteiger partial charge in [0.15, 0.2) is 0 Å². The van der Waals surface area contributed by atoms with Crippen LogP contribution in [0.4, 0.5) is 0 Å². The summed E-state index contributed by atoms with van der Waals surface area (Å²) in [5.41, 5.74) is 6.04. The predicted molar refractivity (Wildman–Crippen MR) is 75.0 cm³/mol. The average Bonchev–Trinajstić information content (AvgIpc) is 2.91. The van der Waals surface area contributed by atoms with E-state index in [0.717, 1.165) is 12.8 Å². The smallest absolute Gasteiger partial charge is 0.373 e. The van der Waals surface area contributed by atoms with E-state index >= 15 is 0 Å². The van der Waals surface area contributed by atoms with Gasteiger partial charge in [0.25, 0.3) is 0 Å². The van der Waals surface area contributed by atoms with Crippen molar-refractivity contribution >= 4 is 5.97 Å². The van der Waals surface area contributed by atoms with Gasteiger partial charge in [-0.15, -0.1) is 0 Å². The molecular weight excluding hydrogens is 242 g/mol. The Morgan fingerprint density at radius 1 is 1.26 bits per heavy atom. The molecule has 1 aromatic heterocycles. The summed E-state index contributed by atoms with van der Waals surface area (Å²) in [6, 6.07) is 3.24. The van der Waals surface area contributed by atoms with E-state index in [1.807, 2.05) is 0 Å². The van der Waals surface area contributed by atoms with Gasteiger partial charge in [-0.3, -0.25) is 0 Å². The van der Waals surface area contributed by atoms with Gasteiger partial charge in [-0.05, 0) is 18.6 Å². The van der Waals surface area contributed by atoms with Crippen LogP contribution in [0.1, 0.15) is 74.2 Å². The number of methoxy groups -OCH3 is 1. The molecule has 0 aliphatic rings. The van der Waals surface area contributed by atoms with Gasteiger partial charge in [-0.2, -0.15) is 0 Å². The highest BCUT2D eigenvalue weighted by Crippen LogP contribution is 2.20. The van der Waals surface area contributed by atoms with E-state index < -0.39 is 5.97 Å². The molecule has 2 N–H and O–H groups in total. The molecule has 19 heavy (non-hydrogen) atoms. The minimum Gasteiger partial charge on any atom is -0.463 e. The third-order valence-electron chi connectivity index (χ3n) is 3.25. The van der Waals surface area contributed by atoms with Crippen LogP contribution in [0.15, 0.2) is 16.5 Å². The molecule has 0 saturated heterocycles. The van der Waals surface area contributed by atoms with E-state index in [1.165, 1.54) is 39.2 Å². The molecule has 1 atom stereocenters. The maximum atomic E-state index is 11.3. The van der Waals surface area contributed by atoms with Crippen molar-refractivity contribution in [3.05, 3.63) is 23.7 Å². The summed E-state index contributed by atoms with van der Waals surface area (Å²) in [5, 5.41) is 0. The minimum atomic E-state index is -0.460. The van der Waals surface area contributed by atoms with E-state index in [1.54, 1.807) is 12.1 Å². The van der Waals surface area contributed by atoms with E-state index in [9.17, 15) is 4.79 Å². The number of furan rings is 1. The minimum absolute atomic E-state index is 0.135. The summed E-state index contributed by atoms with van der Waals surface area (Å²) in [4.78, 5) is 11.3. The van der Waals surface area contributed by atoms with Crippen LogP contribution in [0.2, 0.25) is 0 Å². The number of carbonyl (C=O) groups excluding carboxylic acids is 1. The Labute approximate surface area is 115 Å². The first-order chi connectivity index (χ1) is 9.19.